The molecule has 0 aliphatic heterocycles. The largest absolute Gasteiger partial charge is 0.409 e. The first kappa shape index (κ1) is 12.8. The topological polar surface area (TPSA) is 78.9 Å². The van der Waals surface area contributed by atoms with E-state index < -0.39 is 0 Å². The molecule has 0 radical (unpaired) electrons. The fourth-order valence-electron chi connectivity index (χ4n) is 1.16. The van der Waals surface area contributed by atoms with E-state index in [1.807, 2.05) is 12.1 Å². The molecule has 0 aromatic heterocycles. The molecule has 0 heterocycles. The summed E-state index contributed by atoms with van der Waals surface area (Å²) in [5.41, 5.74) is 5.90. The van der Waals surface area contributed by atoms with E-state index >= 15 is 0 Å². The molecular formula is C10H12IN3O2. The lowest BCUT2D eigenvalue weighted by Crippen LogP contribution is -2.35. The summed E-state index contributed by atoms with van der Waals surface area (Å²) >= 11 is 2.17. The zero-order valence-corrected chi connectivity index (χ0v) is 10.9. The van der Waals surface area contributed by atoms with Crippen molar-refractivity contribution >= 4 is 34.3 Å². The van der Waals surface area contributed by atoms with Crippen molar-refractivity contribution in [2.24, 2.45) is 10.9 Å². The van der Waals surface area contributed by atoms with Crippen LogP contribution in [-0.2, 0) is 0 Å². The number of carbonyl (C=O) groups excluding carboxylic acids is 1. The van der Waals surface area contributed by atoms with Crippen LogP contribution < -0.4 is 5.73 Å². The second kappa shape index (κ2) is 5.69. The Hall–Kier alpha value is -1.31. The third-order valence-corrected chi connectivity index (χ3v) is 2.68. The predicted molar refractivity (Wildman–Crippen MR) is 69.5 cm³/mol. The normalized spacial score (nSPS) is 11.2. The third-order valence-electron chi connectivity index (χ3n) is 1.97. The summed E-state index contributed by atoms with van der Waals surface area (Å²) in [6.45, 7) is 0.0985. The Kier molecular flexibility index (Phi) is 4.53. The van der Waals surface area contributed by atoms with Gasteiger partial charge in [-0.2, -0.15) is 0 Å². The Morgan fingerprint density at radius 2 is 2.06 bits per heavy atom. The van der Waals surface area contributed by atoms with E-state index in [9.17, 15) is 4.79 Å². The number of halogens is 1. The van der Waals surface area contributed by atoms with Gasteiger partial charge in [0.05, 0.1) is 6.54 Å². The number of amides is 1. The minimum absolute atomic E-state index is 0.00126. The van der Waals surface area contributed by atoms with E-state index in [0.717, 1.165) is 3.57 Å². The fraction of sp³-hybridized carbons (Fsp3) is 0.200. The van der Waals surface area contributed by atoms with Crippen LogP contribution in [0.1, 0.15) is 10.4 Å². The lowest BCUT2D eigenvalue weighted by molar-refractivity contribution is 0.0813. The third kappa shape index (κ3) is 3.37. The van der Waals surface area contributed by atoms with Crippen LogP contribution in [0.3, 0.4) is 0 Å². The van der Waals surface area contributed by atoms with E-state index in [2.05, 4.69) is 27.7 Å². The molecule has 1 amide bonds. The predicted octanol–water partition coefficient (Wildman–Crippen LogP) is 1.11. The van der Waals surface area contributed by atoms with Crippen LogP contribution in [0, 0.1) is 3.57 Å². The molecule has 6 heteroatoms. The van der Waals surface area contributed by atoms with Crippen molar-refractivity contribution < 1.29 is 10.0 Å². The maximum Gasteiger partial charge on any atom is 0.254 e. The molecule has 0 saturated heterocycles. The van der Waals surface area contributed by atoms with Crippen molar-refractivity contribution in [2.45, 2.75) is 0 Å². The highest BCUT2D eigenvalue weighted by molar-refractivity contribution is 14.1. The number of nitrogens with two attached hydrogens (primary N) is 1. The number of nitrogens with zero attached hydrogens (tertiary/aromatic N) is 2. The first-order valence-corrected chi connectivity index (χ1v) is 5.60. The van der Waals surface area contributed by atoms with Gasteiger partial charge >= 0.3 is 0 Å². The van der Waals surface area contributed by atoms with Crippen LogP contribution in [0.5, 0.6) is 0 Å². The van der Waals surface area contributed by atoms with Crippen molar-refractivity contribution in [3.8, 4) is 0 Å². The van der Waals surface area contributed by atoms with E-state index in [4.69, 9.17) is 10.9 Å². The molecule has 86 valence electrons. The smallest absolute Gasteiger partial charge is 0.254 e. The van der Waals surface area contributed by atoms with Crippen LogP contribution in [-0.4, -0.2) is 35.4 Å². The second-order valence-corrected chi connectivity index (χ2v) is 4.51. The maximum atomic E-state index is 11.8. The highest BCUT2D eigenvalue weighted by atomic mass is 127. The molecule has 1 aromatic rings. The molecule has 0 aliphatic carbocycles. The lowest BCUT2D eigenvalue weighted by atomic mass is 10.2. The van der Waals surface area contributed by atoms with Gasteiger partial charge in [-0.05, 0) is 46.9 Å². The summed E-state index contributed by atoms with van der Waals surface area (Å²) in [4.78, 5) is 13.2. The van der Waals surface area contributed by atoms with Gasteiger partial charge in [0.15, 0.2) is 5.84 Å². The number of amidine groups is 1. The first-order chi connectivity index (χ1) is 7.54. The number of hydrogen-bond acceptors (Lipinski definition) is 3. The van der Waals surface area contributed by atoms with Gasteiger partial charge in [-0.3, -0.25) is 4.79 Å². The highest BCUT2D eigenvalue weighted by Crippen LogP contribution is 2.08. The average Bonchev–Trinajstić information content (AvgIpc) is 2.28. The Balaban J connectivity index is 2.74. The van der Waals surface area contributed by atoms with Gasteiger partial charge in [0, 0.05) is 16.2 Å². The summed E-state index contributed by atoms with van der Waals surface area (Å²) in [5.74, 6) is -0.163. The van der Waals surface area contributed by atoms with Crippen molar-refractivity contribution in [1.82, 2.24) is 4.90 Å². The minimum Gasteiger partial charge on any atom is -0.409 e. The van der Waals surface area contributed by atoms with Crippen molar-refractivity contribution in [3.63, 3.8) is 0 Å². The number of benzene rings is 1. The molecule has 1 rings (SSSR count). The van der Waals surface area contributed by atoms with E-state index in [1.165, 1.54) is 4.90 Å². The quantitative estimate of drug-likeness (QED) is 0.286. The molecule has 3 N–H and O–H groups in total. The summed E-state index contributed by atoms with van der Waals surface area (Å²) < 4.78 is 1.06. The molecule has 0 unspecified atom stereocenters. The number of oxime groups is 1. The molecule has 0 fully saturated rings. The zero-order chi connectivity index (χ0) is 12.1. The van der Waals surface area contributed by atoms with Crippen LogP contribution in [0.2, 0.25) is 0 Å². The second-order valence-electron chi connectivity index (χ2n) is 3.26. The monoisotopic (exact) mass is 333 g/mol. The molecule has 16 heavy (non-hydrogen) atoms. The average molecular weight is 333 g/mol. The molecule has 0 aliphatic rings. The van der Waals surface area contributed by atoms with Gasteiger partial charge in [0.1, 0.15) is 0 Å². The van der Waals surface area contributed by atoms with Crippen LogP contribution >= 0.6 is 22.6 Å². The number of rotatable bonds is 3. The molecule has 0 atom stereocenters. The fourth-order valence-corrected chi connectivity index (χ4v) is 1.52. The highest BCUT2D eigenvalue weighted by Gasteiger charge is 2.12. The van der Waals surface area contributed by atoms with Gasteiger partial charge in [0.2, 0.25) is 0 Å². The van der Waals surface area contributed by atoms with Crippen LogP contribution in [0.4, 0.5) is 0 Å². The standard InChI is InChI=1S/C10H12IN3O2/c1-14(6-9(12)13-16)10(15)7-2-4-8(11)5-3-7/h2-5,16H,6H2,1H3,(H2,12,13). The SMILES string of the molecule is CN(CC(N)=NO)C(=O)c1ccc(I)cc1. The minimum atomic E-state index is -0.164. The summed E-state index contributed by atoms with van der Waals surface area (Å²) in [6, 6.07) is 7.19. The van der Waals surface area contributed by atoms with E-state index in [-0.39, 0.29) is 18.3 Å². The van der Waals surface area contributed by atoms with E-state index in [1.54, 1.807) is 19.2 Å². The molecule has 0 spiro atoms. The Bertz CT molecular complexity index is 403. The van der Waals surface area contributed by atoms with Gasteiger partial charge in [0.25, 0.3) is 5.91 Å². The van der Waals surface area contributed by atoms with Crippen molar-refractivity contribution in [3.05, 3.63) is 33.4 Å². The Morgan fingerprint density at radius 1 is 1.50 bits per heavy atom. The Labute approximate surface area is 107 Å². The molecule has 1 aromatic carbocycles. The Morgan fingerprint density at radius 3 is 2.56 bits per heavy atom. The summed E-state index contributed by atoms with van der Waals surface area (Å²) in [7, 11) is 1.60. The van der Waals surface area contributed by atoms with E-state index in [0.29, 0.717) is 5.56 Å². The first-order valence-electron chi connectivity index (χ1n) is 4.52. The van der Waals surface area contributed by atoms with Crippen LogP contribution in [0.25, 0.3) is 0 Å². The number of hydrogen-bond donors (Lipinski definition) is 2. The molecule has 0 saturated carbocycles. The zero-order valence-electron chi connectivity index (χ0n) is 8.72. The van der Waals surface area contributed by atoms with Crippen molar-refractivity contribution in [1.29, 1.82) is 0 Å². The van der Waals surface area contributed by atoms with Crippen LogP contribution in [0.15, 0.2) is 29.4 Å². The van der Waals surface area contributed by atoms with Gasteiger partial charge in [-0.1, -0.05) is 5.16 Å². The molecular weight excluding hydrogens is 321 g/mol. The summed E-state index contributed by atoms with van der Waals surface area (Å²) in [5, 5.41) is 11.2. The van der Waals surface area contributed by atoms with Crippen molar-refractivity contribution in [2.75, 3.05) is 13.6 Å². The maximum absolute atomic E-state index is 11.8. The van der Waals surface area contributed by atoms with Gasteiger partial charge in [-0.15, -0.1) is 0 Å². The number of likely N-dealkylation sites (N-methyl/N-ethyl adjacent to an activating group) is 1. The number of carbonyl (C=O) groups is 1. The lowest BCUT2D eigenvalue weighted by Gasteiger charge is -2.16. The molecule has 5 nitrogen and oxygen atoms in total. The van der Waals surface area contributed by atoms with Gasteiger partial charge < -0.3 is 15.8 Å². The molecule has 0 bridgehead atoms. The van der Waals surface area contributed by atoms with Gasteiger partial charge in [-0.25, -0.2) is 0 Å². The summed E-state index contributed by atoms with van der Waals surface area (Å²) in [6.07, 6.45) is 0.